The minimum absolute atomic E-state index is 0.101. The number of carbonyl (C=O) groups is 1. The number of carbonyl (C=O) groups excluding carboxylic acids is 1. The van der Waals surface area contributed by atoms with Gasteiger partial charge in [-0.15, -0.1) is 11.3 Å². The van der Waals surface area contributed by atoms with E-state index < -0.39 is 0 Å². The molecule has 0 unspecified atom stereocenters. The summed E-state index contributed by atoms with van der Waals surface area (Å²) >= 11 is 13.4. The number of fused-ring (bicyclic) bond motifs is 1. The Hall–Kier alpha value is -1.35. The zero-order valence-electron chi connectivity index (χ0n) is 10.4. The van der Waals surface area contributed by atoms with Crippen molar-refractivity contribution in [3.63, 3.8) is 0 Å². The van der Waals surface area contributed by atoms with E-state index in [9.17, 15) is 4.79 Å². The first kappa shape index (κ1) is 13.6. The van der Waals surface area contributed by atoms with Crippen molar-refractivity contribution < 1.29 is 4.79 Å². The number of Topliss-reactive ketones (excluding diaryl/α,β-unsaturated/α-hetero) is 1. The Morgan fingerprint density at radius 2 is 1.80 bits per heavy atom. The lowest BCUT2D eigenvalue weighted by molar-refractivity contribution is 0.0997. The molecule has 2 aromatic carbocycles. The van der Waals surface area contributed by atoms with Gasteiger partial charge in [-0.1, -0.05) is 47.5 Å². The summed E-state index contributed by atoms with van der Waals surface area (Å²) < 4.78 is 1.13. The van der Waals surface area contributed by atoms with Gasteiger partial charge < -0.3 is 0 Å². The Kier molecular flexibility index (Phi) is 3.79. The van der Waals surface area contributed by atoms with Crippen LogP contribution in [0.3, 0.4) is 0 Å². The number of rotatable bonds is 3. The van der Waals surface area contributed by atoms with Gasteiger partial charge in [0, 0.05) is 11.1 Å². The second-order valence-corrected chi connectivity index (χ2v) is 6.40. The summed E-state index contributed by atoms with van der Waals surface area (Å²) in [6.45, 7) is 0. The molecule has 1 heterocycles. The average Bonchev–Trinajstić information content (AvgIpc) is 2.87. The van der Waals surface area contributed by atoms with Gasteiger partial charge in [0.05, 0.1) is 14.9 Å². The Labute approximate surface area is 130 Å². The highest BCUT2D eigenvalue weighted by Crippen LogP contribution is 2.27. The van der Waals surface area contributed by atoms with E-state index in [1.165, 1.54) is 11.3 Å². The third-order valence-electron chi connectivity index (χ3n) is 3.05. The largest absolute Gasteiger partial charge is 0.293 e. The van der Waals surface area contributed by atoms with Gasteiger partial charge in [-0.25, -0.2) is 0 Å². The van der Waals surface area contributed by atoms with Gasteiger partial charge in [0.1, 0.15) is 0 Å². The van der Waals surface area contributed by atoms with E-state index in [1.54, 1.807) is 12.1 Å². The van der Waals surface area contributed by atoms with Gasteiger partial charge in [-0.2, -0.15) is 0 Å². The molecule has 0 aliphatic rings. The van der Waals surface area contributed by atoms with Crippen LogP contribution in [0.25, 0.3) is 10.1 Å². The molecule has 1 aromatic heterocycles. The van der Waals surface area contributed by atoms with Crippen molar-refractivity contribution in [2.75, 3.05) is 0 Å². The number of hydrogen-bond acceptors (Lipinski definition) is 2. The monoisotopic (exact) mass is 320 g/mol. The van der Waals surface area contributed by atoms with Gasteiger partial charge in [0.2, 0.25) is 0 Å². The van der Waals surface area contributed by atoms with Crippen molar-refractivity contribution in [3.8, 4) is 0 Å². The van der Waals surface area contributed by atoms with Crippen LogP contribution in [0.15, 0.2) is 48.5 Å². The first-order valence-corrected chi connectivity index (χ1v) is 7.66. The van der Waals surface area contributed by atoms with Crippen LogP contribution < -0.4 is 0 Å². The summed E-state index contributed by atoms with van der Waals surface area (Å²) in [5.41, 5.74) is 0.877. The lowest BCUT2D eigenvalue weighted by atomic mass is 10.1. The third-order valence-corrected chi connectivity index (χ3v) is 4.95. The molecule has 3 rings (SSSR count). The molecule has 0 fully saturated rings. The van der Waals surface area contributed by atoms with Crippen molar-refractivity contribution in [2.24, 2.45) is 0 Å². The van der Waals surface area contributed by atoms with Crippen LogP contribution in [0.2, 0.25) is 10.0 Å². The van der Waals surface area contributed by atoms with Crippen LogP contribution in [0.5, 0.6) is 0 Å². The molecule has 20 heavy (non-hydrogen) atoms. The Balaban J connectivity index is 1.86. The number of benzene rings is 2. The van der Waals surface area contributed by atoms with Gasteiger partial charge in [-0.3, -0.25) is 4.79 Å². The molecule has 100 valence electrons. The average molecular weight is 321 g/mol. The second kappa shape index (κ2) is 5.57. The topological polar surface area (TPSA) is 17.1 Å². The zero-order valence-corrected chi connectivity index (χ0v) is 12.7. The molecule has 0 N–H and O–H groups in total. The fourth-order valence-electron chi connectivity index (χ4n) is 2.04. The molecule has 3 aromatic rings. The predicted molar refractivity (Wildman–Crippen MR) is 86.3 cm³/mol. The molecule has 0 spiro atoms. The van der Waals surface area contributed by atoms with E-state index >= 15 is 0 Å². The maximum atomic E-state index is 12.3. The van der Waals surface area contributed by atoms with Crippen LogP contribution >= 0.6 is 34.5 Å². The maximum Gasteiger partial charge on any atom is 0.177 e. The Morgan fingerprint density at radius 1 is 1.00 bits per heavy atom. The highest BCUT2D eigenvalue weighted by molar-refractivity contribution is 7.20. The first-order chi connectivity index (χ1) is 9.63. The molecule has 0 aliphatic carbocycles. The minimum Gasteiger partial charge on any atom is -0.293 e. The van der Waals surface area contributed by atoms with E-state index in [4.69, 9.17) is 23.2 Å². The van der Waals surface area contributed by atoms with Crippen LogP contribution in [-0.4, -0.2) is 5.78 Å². The summed E-state index contributed by atoms with van der Waals surface area (Å²) in [6, 6.07) is 15.2. The minimum atomic E-state index is 0.101. The smallest absolute Gasteiger partial charge is 0.177 e. The fourth-order valence-corrected chi connectivity index (χ4v) is 3.36. The predicted octanol–water partition coefficient (Wildman–Crippen LogP) is 5.63. The molecular formula is C16H10Cl2OS. The standard InChI is InChI=1S/C16H10Cl2OS/c17-12-6-5-10(7-13(12)18)8-14(19)16-9-11-3-1-2-4-15(11)20-16/h1-7,9H,8H2. The summed E-state index contributed by atoms with van der Waals surface area (Å²) in [7, 11) is 0. The normalized spacial score (nSPS) is 10.9. The maximum absolute atomic E-state index is 12.3. The number of hydrogen-bond donors (Lipinski definition) is 0. The van der Waals surface area contributed by atoms with Gasteiger partial charge in [0.15, 0.2) is 5.78 Å². The lowest BCUT2D eigenvalue weighted by Crippen LogP contribution is -2.00. The number of ketones is 1. The highest BCUT2D eigenvalue weighted by Gasteiger charge is 2.11. The Morgan fingerprint density at radius 3 is 2.55 bits per heavy atom. The molecule has 0 atom stereocenters. The molecule has 4 heteroatoms. The fraction of sp³-hybridized carbons (Fsp3) is 0.0625. The van der Waals surface area contributed by atoms with E-state index in [0.717, 1.165) is 20.5 Å². The highest BCUT2D eigenvalue weighted by atomic mass is 35.5. The quantitative estimate of drug-likeness (QED) is 0.571. The van der Waals surface area contributed by atoms with Gasteiger partial charge >= 0.3 is 0 Å². The number of thiophene rings is 1. The van der Waals surface area contributed by atoms with Gasteiger partial charge in [-0.05, 0) is 35.2 Å². The van der Waals surface area contributed by atoms with Crippen molar-refractivity contribution in [1.82, 2.24) is 0 Å². The summed E-state index contributed by atoms with van der Waals surface area (Å²) in [5, 5.41) is 2.09. The summed E-state index contributed by atoms with van der Waals surface area (Å²) in [4.78, 5) is 13.1. The Bertz CT molecular complexity index is 759. The van der Waals surface area contributed by atoms with E-state index in [-0.39, 0.29) is 5.78 Å². The molecule has 0 bridgehead atoms. The molecular weight excluding hydrogens is 311 g/mol. The zero-order chi connectivity index (χ0) is 14.1. The van der Waals surface area contributed by atoms with Crippen LogP contribution in [0, 0.1) is 0 Å². The van der Waals surface area contributed by atoms with E-state index in [0.29, 0.717) is 16.5 Å². The van der Waals surface area contributed by atoms with E-state index in [2.05, 4.69) is 0 Å². The SMILES string of the molecule is O=C(Cc1ccc(Cl)c(Cl)c1)c1cc2ccccc2s1. The van der Waals surface area contributed by atoms with Crippen molar-refractivity contribution in [2.45, 2.75) is 6.42 Å². The number of halogens is 2. The third kappa shape index (κ3) is 2.73. The first-order valence-electron chi connectivity index (χ1n) is 6.09. The molecule has 0 aliphatic heterocycles. The summed E-state index contributed by atoms with van der Waals surface area (Å²) in [5.74, 6) is 0.101. The van der Waals surface area contributed by atoms with Crippen LogP contribution in [0.1, 0.15) is 15.2 Å². The van der Waals surface area contributed by atoms with Crippen molar-refractivity contribution in [1.29, 1.82) is 0 Å². The molecule has 0 radical (unpaired) electrons. The van der Waals surface area contributed by atoms with Gasteiger partial charge in [0.25, 0.3) is 0 Å². The van der Waals surface area contributed by atoms with Crippen LogP contribution in [0.4, 0.5) is 0 Å². The van der Waals surface area contributed by atoms with Crippen molar-refractivity contribution >= 4 is 50.4 Å². The van der Waals surface area contributed by atoms with Crippen LogP contribution in [-0.2, 0) is 6.42 Å². The molecule has 0 saturated heterocycles. The van der Waals surface area contributed by atoms with Crippen molar-refractivity contribution in [3.05, 3.63) is 69.0 Å². The lowest BCUT2D eigenvalue weighted by Gasteiger charge is -2.01. The summed E-state index contributed by atoms with van der Waals surface area (Å²) in [6.07, 6.45) is 0.337. The van der Waals surface area contributed by atoms with E-state index in [1.807, 2.05) is 36.4 Å². The molecule has 0 saturated carbocycles. The second-order valence-electron chi connectivity index (χ2n) is 4.50. The molecule has 0 amide bonds. The molecule has 1 nitrogen and oxygen atoms in total.